The second kappa shape index (κ2) is 7.58. The summed E-state index contributed by atoms with van der Waals surface area (Å²) in [5.74, 6) is 0. The van der Waals surface area contributed by atoms with Gasteiger partial charge in [-0.2, -0.15) is 0 Å². The van der Waals surface area contributed by atoms with Crippen molar-refractivity contribution in [2.75, 3.05) is 6.61 Å². The third-order valence-electron chi connectivity index (χ3n) is 3.72. The van der Waals surface area contributed by atoms with E-state index in [1.807, 2.05) is 18.2 Å². The quantitative estimate of drug-likeness (QED) is 0.617. The molecule has 0 aromatic heterocycles. The first-order chi connectivity index (χ1) is 10.9. The van der Waals surface area contributed by atoms with Crippen LogP contribution in [0.2, 0.25) is 0 Å². The Balaban J connectivity index is 1.72. The maximum Gasteiger partial charge on any atom is 0.108 e. The first-order valence-corrected chi connectivity index (χ1v) is 7.69. The van der Waals surface area contributed by atoms with Crippen LogP contribution in [-0.2, 0) is 11.2 Å². The summed E-state index contributed by atoms with van der Waals surface area (Å²) in [4.78, 5) is 0. The van der Waals surface area contributed by atoms with Crippen LogP contribution in [0.5, 0.6) is 0 Å². The lowest BCUT2D eigenvalue weighted by Crippen LogP contribution is -2.09. The summed E-state index contributed by atoms with van der Waals surface area (Å²) >= 11 is 0. The molecule has 0 heterocycles. The van der Waals surface area contributed by atoms with E-state index in [1.54, 1.807) is 0 Å². The van der Waals surface area contributed by atoms with Gasteiger partial charge in [-0.15, -0.1) is 0 Å². The van der Waals surface area contributed by atoms with Crippen molar-refractivity contribution in [2.24, 2.45) is 0 Å². The standard InChI is InChI=1S/C21H20O/c1-4-10-18(11-5-1)16-17-22-21(19-12-6-2-7-13-19)20-14-8-3-9-15-20/h1-15,21H,16-17H2. The normalized spacial score (nSPS) is 10.8. The van der Waals surface area contributed by atoms with Gasteiger partial charge in [0.25, 0.3) is 0 Å². The fraction of sp³-hybridized carbons (Fsp3) is 0.143. The SMILES string of the molecule is c1ccc(CCOC(c2ccccc2)c2ccccc2)cc1. The monoisotopic (exact) mass is 288 g/mol. The third kappa shape index (κ3) is 3.84. The van der Waals surface area contributed by atoms with E-state index in [9.17, 15) is 0 Å². The molecule has 3 aromatic carbocycles. The second-order valence-corrected chi connectivity index (χ2v) is 5.31. The highest BCUT2D eigenvalue weighted by Crippen LogP contribution is 2.25. The minimum Gasteiger partial charge on any atom is -0.368 e. The first-order valence-electron chi connectivity index (χ1n) is 7.69. The number of ether oxygens (including phenoxy) is 1. The van der Waals surface area contributed by atoms with Crippen LogP contribution in [0.15, 0.2) is 91.0 Å². The van der Waals surface area contributed by atoms with Gasteiger partial charge in [-0.3, -0.25) is 0 Å². The summed E-state index contributed by atoms with van der Waals surface area (Å²) in [6, 6.07) is 31.3. The molecular weight excluding hydrogens is 268 g/mol. The largest absolute Gasteiger partial charge is 0.368 e. The van der Waals surface area contributed by atoms with Gasteiger partial charge in [-0.25, -0.2) is 0 Å². The summed E-state index contributed by atoms with van der Waals surface area (Å²) in [6.45, 7) is 0.707. The van der Waals surface area contributed by atoms with Crippen molar-refractivity contribution in [2.45, 2.75) is 12.5 Å². The van der Waals surface area contributed by atoms with E-state index in [4.69, 9.17) is 4.74 Å². The molecule has 0 amide bonds. The minimum atomic E-state index is -0.00823. The van der Waals surface area contributed by atoms with Gasteiger partial charge < -0.3 is 4.74 Å². The number of hydrogen-bond acceptors (Lipinski definition) is 1. The molecule has 0 unspecified atom stereocenters. The molecule has 0 spiro atoms. The smallest absolute Gasteiger partial charge is 0.108 e. The Morgan fingerprint density at radius 2 is 1.05 bits per heavy atom. The lowest BCUT2D eigenvalue weighted by Gasteiger charge is -2.19. The maximum atomic E-state index is 6.22. The van der Waals surface area contributed by atoms with Gasteiger partial charge in [0.2, 0.25) is 0 Å². The molecule has 0 atom stereocenters. The molecule has 0 saturated carbocycles. The average Bonchev–Trinajstić information content (AvgIpc) is 2.61. The van der Waals surface area contributed by atoms with Crippen LogP contribution in [0.1, 0.15) is 22.8 Å². The van der Waals surface area contributed by atoms with Crippen molar-refractivity contribution in [3.8, 4) is 0 Å². The van der Waals surface area contributed by atoms with Gasteiger partial charge in [0.1, 0.15) is 6.10 Å². The van der Waals surface area contributed by atoms with Crippen LogP contribution in [0, 0.1) is 0 Å². The zero-order chi connectivity index (χ0) is 15.0. The summed E-state index contributed by atoms with van der Waals surface area (Å²) in [6.07, 6.45) is 0.919. The van der Waals surface area contributed by atoms with Crippen LogP contribution < -0.4 is 0 Å². The summed E-state index contributed by atoms with van der Waals surface area (Å²) in [7, 11) is 0. The fourth-order valence-electron chi connectivity index (χ4n) is 2.58. The Morgan fingerprint density at radius 1 is 0.591 bits per heavy atom. The molecule has 1 heteroatoms. The predicted octanol–water partition coefficient (Wildman–Crippen LogP) is 5.04. The molecule has 3 rings (SSSR count). The van der Waals surface area contributed by atoms with Gasteiger partial charge in [0, 0.05) is 0 Å². The summed E-state index contributed by atoms with van der Waals surface area (Å²) < 4.78 is 6.22. The van der Waals surface area contributed by atoms with Gasteiger partial charge in [0.05, 0.1) is 6.61 Å². The molecule has 0 aliphatic rings. The van der Waals surface area contributed by atoms with E-state index in [0.29, 0.717) is 6.61 Å². The highest BCUT2D eigenvalue weighted by atomic mass is 16.5. The average molecular weight is 288 g/mol. The Labute approximate surface area is 132 Å². The van der Waals surface area contributed by atoms with E-state index in [1.165, 1.54) is 16.7 Å². The molecule has 0 aliphatic carbocycles. The van der Waals surface area contributed by atoms with Crippen LogP contribution >= 0.6 is 0 Å². The van der Waals surface area contributed by atoms with Crippen LogP contribution in [0.3, 0.4) is 0 Å². The van der Waals surface area contributed by atoms with Gasteiger partial charge in [-0.05, 0) is 23.1 Å². The lowest BCUT2D eigenvalue weighted by molar-refractivity contribution is 0.0826. The minimum absolute atomic E-state index is 0.00823. The van der Waals surface area contributed by atoms with Crippen LogP contribution in [0.4, 0.5) is 0 Å². The molecule has 3 aromatic rings. The van der Waals surface area contributed by atoms with Crippen molar-refractivity contribution in [1.29, 1.82) is 0 Å². The molecule has 0 radical (unpaired) electrons. The van der Waals surface area contributed by atoms with Crippen molar-refractivity contribution in [3.63, 3.8) is 0 Å². The zero-order valence-electron chi connectivity index (χ0n) is 12.6. The number of hydrogen-bond donors (Lipinski definition) is 0. The number of rotatable bonds is 6. The van der Waals surface area contributed by atoms with E-state index in [2.05, 4.69) is 72.8 Å². The van der Waals surface area contributed by atoms with Crippen LogP contribution in [-0.4, -0.2) is 6.61 Å². The van der Waals surface area contributed by atoms with Crippen LogP contribution in [0.25, 0.3) is 0 Å². The van der Waals surface area contributed by atoms with Crippen molar-refractivity contribution in [3.05, 3.63) is 108 Å². The van der Waals surface area contributed by atoms with Crippen molar-refractivity contribution < 1.29 is 4.74 Å². The van der Waals surface area contributed by atoms with Crippen molar-refractivity contribution in [1.82, 2.24) is 0 Å². The first kappa shape index (κ1) is 14.6. The molecule has 1 nitrogen and oxygen atoms in total. The lowest BCUT2D eigenvalue weighted by atomic mass is 10.0. The molecule has 0 aliphatic heterocycles. The van der Waals surface area contributed by atoms with Gasteiger partial charge in [-0.1, -0.05) is 91.0 Å². The summed E-state index contributed by atoms with van der Waals surface area (Å²) in [5.41, 5.74) is 3.70. The molecule has 0 bridgehead atoms. The third-order valence-corrected chi connectivity index (χ3v) is 3.72. The Hall–Kier alpha value is -2.38. The number of benzene rings is 3. The molecule has 0 saturated heterocycles. The Bertz CT molecular complexity index is 623. The predicted molar refractivity (Wildman–Crippen MR) is 90.8 cm³/mol. The molecule has 22 heavy (non-hydrogen) atoms. The maximum absolute atomic E-state index is 6.22. The molecule has 110 valence electrons. The molecule has 0 fully saturated rings. The van der Waals surface area contributed by atoms with Gasteiger partial charge >= 0.3 is 0 Å². The van der Waals surface area contributed by atoms with E-state index in [-0.39, 0.29) is 6.10 Å². The van der Waals surface area contributed by atoms with E-state index >= 15 is 0 Å². The Kier molecular flexibility index (Phi) is 5.01. The van der Waals surface area contributed by atoms with E-state index in [0.717, 1.165) is 6.42 Å². The molecule has 0 N–H and O–H groups in total. The fourth-order valence-corrected chi connectivity index (χ4v) is 2.58. The summed E-state index contributed by atoms with van der Waals surface area (Å²) in [5, 5.41) is 0. The highest BCUT2D eigenvalue weighted by molar-refractivity contribution is 5.30. The highest BCUT2D eigenvalue weighted by Gasteiger charge is 2.13. The second-order valence-electron chi connectivity index (χ2n) is 5.31. The Morgan fingerprint density at radius 3 is 1.55 bits per heavy atom. The topological polar surface area (TPSA) is 9.23 Å². The zero-order valence-corrected chi connectivity index (χ0v) is 12.6. The van der Waals surface area contributed by atoms with Crippen molar-refractivity contribution >= 4 is 0 Å². The van der Waals surface area contributed by atoms with Gasteiger partial charge in [0.15, 0.2) is 0 Å². The van der Waals surface area contributed by atoms with E-state index < -0.39 is 0 Å². The molecular formula is C21H20O.